The van der Waals surface area contributed by atoms with Gasteiger partial charge >= 0.3 is 0 Å². The molecule has 0 aliphatic carbocycles. The molecule has 5 N–H and O–H groups in total. The van der Waals surface area contributed by atoms with Gasteiger partial charge in [-0.05, 0) is 29.6 Å². The van der Waals surface area contributed by atoms with E-state index in [0.717, 1.165) is 10.2 Å². The summed E-state index contributed by atoms with van der Waals surface area (Å²) < 4.78 is 0.835. The minimum absolute atomic E-state index is 0.302. The van der Waals surface area contributed by atoms with Gasteiger partial charge in [-0.25, -0.2) is 4.98 Å². The zero-order chi connectivity index (χ0) is 15.0. The number of nitrogens with zero attached hydrogens (tertiary/aromatic N) is 1. The lowest BCUT2D eigenvalue weighted by atomic mass is 10.2. The summed E-state index contributed by atoms with van der Waals surface area (Å²) >= 11 is 2.56. The first kappa shape index (κ1) is 13.5. The highest BCUT2D eigenvalue weighted by Gasteiger charge is 2.14. The fourth-order valence-corrected chi connectivity index (χ4v) is 3.42. The minimum atomic E-state index is -0.572. The summed E-state index contributed by atoms with van der Waals surface area (Å²) in [6, 6.07) is 6.70. The standard InChI is InChI=1S/C13H10N4O2S2/c14-10(18)7-3-4-20-12(7)17-11(19)6-1-2-8-9(5-6)21-13(15)16-8/h1-5H,(H2,14,18)(H2,15,16)(H,17,19). The van der Waals surface area contributed by atoms with Crippen LogP contribution in [0.25, 0.3) is 10.2 Å². The molecular weight excluding hydrogens is 308 g/mol. The molecule has 2 heterocycles. The van der Waals surface area contributed by atoms with E-state index in [2.05, 4.69) is 10.3 Å². The lowest BCUT2D eigenvalue weighted by Gasteiger charge is -2.04. The number of nitrogens with one attached hydrogen (secondary N) is 1. The minimum Gasteiger partial charge on any atom is -0.375 e. The highest BCUT2D eigenvalue weighted by atomic mass is 32.1. The summed E-state index contributed by atoms with van der Waals surface area (Å²) in [6.45, 7) is 0. The van der Waals surface area contributed by atoms with Crippen molar-refractivity contribution in [3.63, 3.8) is 0 Å². The average molecular weight is 318 g/mol. The lowest BCUT2D eigenvalue weighted by molar-refractivity contribution is 0.100. The Balaban J connectivity index is 1.89. The van der Waals surface area contributed by atoms with Gasteiger partial charge in [0.2, 0.25) is 0 Å². The summed E-state index contributed by atoms with van der Waals surface area (Å²) in [5.74, 6) is -0.883. The smallest absolute Gasteiger partial charge is 0.256 e. The molecule has 106 valence electrons. The van der Waals surface area contributed by atoms with Gasteiger partial charge in [0.05, 0.1) is 15.8 Å². The number of thiazole rings is 1. The molecule has 0 bridgehead atoms. The van der Waals surface area contributed by atoms with E-state index in [1.807, 2.05) is 0 Å². The second-order valence-electron chi connectivity index (χ2n) is 4.22. The number of hydrogen-bond acceptors (Lipinski definition) is 6. The van der Waals surface area contributed by atoms with E-state index >= 15 is 0 Å². The van der Waals surface area contributed by atoms with E-state index in [1.165, 1.54) is 22.7 Å². The van der Waals surface area contributed by atoms with Crippen LogP contribution >= 0.6 is 22.7 Å². The van der Waals surface area contributed by atoms with Crippen LogP contribution in [-0.4, -0.2) is 16.8 Å². The second kappa shape index (κ2) is 5.15. The van der Waals surface area contributed by atoms with Crippen LogP contribution in [-0.2, 0) is 0 Å². The Hall–Kier alpha value is -2.45. The molecule has 0 saturated heterocycles. The highest BCUT2D eigenvalue weighted by molar-refractivity contribution is 7.22. The molecule has 0 atom stereocenters. The summed E-state index contributed by atoms with van der Waals surface area (Å²) in [5, 5.41) is 5.29. The molecule has 3 rings (SSSR count). The van der Waals surface area contributed by atoms with E-state index in [4.69, 9.17) is 11.5 Å². The largest absolute Gasteiger partial charge is 0.375 e. The molecule has 0 aliphatic heterocycles. The van der Waals surface area contributed by atoms with Crippen LogP contribution in [0.3, 0.4) is 0 Å². The zero-order valence-corrected chi connectivity index (χ0v) is 12.3. The van der Waals surface area contributed by atoms with Gasteiger partial charge in [-0.15, -0.1) is 11.3 Å². The maximum absolute atomic E-state index is 12.2. The maximum atomic E-state index is 12.2. The topological polar surface area (TPSA) is 111 Å². The first-order valence-corrected chi connectivity index (χ1v) is 7.59. The van der Waals surface area contributed by atoms with Crippen molar-refractivity contribution in [1.82, 2.24) is 4.98 Å². The molecule has 0 aliphatic rings. The zero-order valence-electron chi connectivity index (χ0n) is 10.6. The maximum Gasteiger partial charge on any atom is 0.256 e. The van der Waals surface area contributed by atoms with Gasteiger partial charge in [-0.2, -0.15) is 0 Å². The summed E-state index contributed by atoms with van der Waals surface area (Å²) in [6.07, 6.45) is 0. The Bertz CT molecular complexity index is 853. The van der Waals surface area contributed by atoms with Crippen molar-refractivity contribution < 1.29 is 9.59 Å². The Kier molecular flexibility index (Phi) is 3.32. The van der Waals surface area contributed by atoms with E-state index < -0.39 is 5.91 Å². The molecule has 8 heteroatoms. The summed E-state index contributed by atoms with van der Waals surface area (Å²) in [5.41, 5.74) is 12.4. The van der Waals surface area contributed by atoms with Crippen molar-refractivity contribution in [3.05, 3.63) is 40.8 Å². The average Bonchev–Trinajstić information content (AvgIpc) is 3.02. The predicted octanol–water partition coefficient (Wildman–Crippen LogP) is 2.29. The Morgan fingerprint density at radius 1 is 1.24 bits per heavy atom. The Morgan fingerprint density at radius 3 is 2.81 bits per heavy atom. The molecule has 0 spiro atoms. The predicted molar refractivity (Wildman–Crippen MR) is 84.8 cm³/mol. The molecule has 1 aromatic carbocycles. The lowest BCUT2D eigenvalue weighted by Crippen LogP contribution is -2.16. The van der Waals surface area contributed by atoms with Crippen molar-refractivity contribution in [2.45, 2.75) is 0 Å². The van der Waals surface area contributed by atoms with E-state index in [-0.39, 0.29) is 5.91 Å². The molecule has 0 saturated carbocycles. The third-order valence-corrected chi connectivity index (χ3v) is 4.50. The molecule has 21 heavy (non-hydrogen) atoms. The molecule has 3 aromatic rings. The first-order chi connectivity index (χ1) is 10.0. The Labute approximate surface area is 127 Å². The number of thiophene rings is 1. The molecule has 0 radical (unpaired) electrons. The molecule has 2 amide bonds. The fourth-order valence-electron chi connectivity index (χ4n) is 1.86. The number of benzene rings is 1. The number of aromatic nitrogens is 1. The second-order valence-corrected chi connectivity index (χ2v) is 6.19. The number of rotatable bonds is 3. The van der Waals surface area contributed by atoms with Crippen molar-refractivity contribution in [3.8, 4) is 0 Å². The van der Waals surface area contributed by atoms with Crippen LogP contribution < -0.4 is 16.8 Å². The van der Waals surface area contributed by atoms with E-state index in [9.17, 15) is 9.59 Å². The summed E-state index contributed by atoms with van der Waals surface area (Å²) in [4.78, 5) is 27.6. The quantitative estimate of drug-likeness (QED) is 0.688. The van der Waals surface area contributed by atoms with Gasteiger partial charge in [-0.1, -0.05) is 11.3 Å². The number of carbonyl (C=O) groups excluding carboxylic acids is 2. The number of hydrogen-bond donors (Lipinski definition) is 3. The highest BCUT2D eigenvalue weighted by Crippen LogP contribution is 2.26. The van der Waals surface area contributed by atoms with Crippen molar-refractivity contribution >= 4 is 54.8 Å². The van der Waals surface area contributed by atoms with Crippen molar-refractivity contribution in [2.75, 3.05) is 11.1 Å². The third-order valence-electron chi connectivity index (χ3n) is 2.82. The van der Waals surface area contributed by atoms with E-state index in [0.29, 0.717) is 21.3 Å². The van der Waals surface area contributed by atoms with Crippen LogP contribution in [0.1, 0.15) is 20.7 Å². The number of carbonyl (C=O) groups is 2. The number of fused-ring (bicyclic) bond motifs is 1. The monoisotopic (exact) mass is 318 g/mol. The van der Waals surface area contributed by atoms with Gasteiger partial charge in [-0.3, -0.25) is 9.59 Å². The van der Waals surface area contributed by atoms with Gasteiger partial charge in [0.25, 0.3) is 11.8 Å². The number of nitrogens with two attached hydrogens (primary N) is 2. The fraction of sp³-hybridized carbons (Fsp3) is 0. The van der Waals surface area contributed by atoms with Gasteiger partial charge in [0, 0.05) is 5.56 Å². The van der Waals surface area contributed by atoms with E-state index in [1.54, 1.807) is 29.6 Å². The van der Waals surface area contributed by atoms with Crippen molar-refractivity contribution in [1.29, 1.82) is 0 Å². The molecular formula is C13H10N4O2S2. The molecule has 2 aromatic heterocycles. The van der Waals surface area contributed by atoms with Crippen LogP contribution in [0.4, 0.5) is 10.1 Å². The normalized spacial score (nSPS) is 10.7. The molecule has 0 unspecified atom stereocenters. The van der Waals surface area contributed by atoms with Crippen LogP contribution in [0.2, 0.25) is 0 Å². The van der Waals surface area contributed by atoms with Gasteiger partial charge in [0.15, 0.2) is 5.13 Å². The van der Waals surface area contributed by atoms with Gasteiger partial charge < -0.3 is 16.8 Å². The van der Waals surface area contributed by atoms with Crippen LogP contribution in [0.15, 0.2) is 29.6 Å². The van der Waals surface area contributed by atoms with Crippen LogP contribution in [0, 0.1) is 0 Å². The summed E-state index contributed by atoms with van der Waals surface area (Å²) in [7, 11) is 0. The first-order valence-electron chi connectivity index (χ1n) is 5.89. The Morgan fingerprint density at radius 2 is 2.05 bits per heavy atom. The van der Waals surface area contributed by atoms with Crippen LogP contribution in [0.5, 0.6) is 0 Å². The number of nitrogen functional groups attached to an aromatic ring is 1. The van der Waals surface area contributed by atoms with Crippen molar-refractivity contribution in [2.24, 2.45) is 5.73 Å². The third kappa shape index (κ3) is 2.58. The number of primary amides is 1. The number of anilines is 2. The van der Waals surface area contributed by atoms with Gasteiger partial charge in [0.1, 0.15) is 5.00 Å². The molecule has 6 nitrogen and oxygen atoms in total. The number of amides is 2. The SMILES string of the molecule is NC(=O)c1ccsc1NC(=O)c1ccc2nc(N)sc2c1. The molecule has 0 fully saturated rings.